The van der Waals surface area contributed by atoms with E-state index < -0.39 is 17.5 Å². The topological polar surface area (TPSA) is 98.0 Å². The molecule has 0 rings (SSSR count). The maximum atomic E-state index is 10.8. The third kappa shape index (κ3) is 9.28. The molecule has 0 amide bonds. The van der Waals surface area contributed by atoms with Crippen LogP contribution in [0.3, 0.4) is 0 Å². The Morgan fingerprint density at radius 3 is 1.45 bits per heavy atom. The summed E-state index contributed by atoms with van der Waals surface area (Å²) in [7, 11) is 0. The van der Waals surface area contributed by atoms with Crippen LogP contribution in [0.2, 0.25) is 0 Å². The van der Waals surface area contributed by atoms with Crippen molar-refractivity contribution in [1.29, 1.82) is 0 Å². The molecule has 0 aromatic rings. The Bertz CT molecular complexity index is 283. The van der Waals surface area contributed by atoms with E-state index in [1.54, 1.807) is 27.7 Å². The Hall–Kier alpha value is -0.650. The van der Waals surface area contributed by atoms with Gasteiger partial charge in [0.15, 0.2) is 0 Å². The number of aliphatic hydroxyl groups is 3. The van der Waals surface area contributed by atoms with E-state index in [1.165, 1.54) is 0 Å². The predicted octanol–water partition coefficient (Wildman–Crippen LogP) is 1.89. The minimum atomic E-state index is -1.06. The van der Waals surface area contributed by atoms with Gasteiger partial charge in [0.25, 0.3) is 0 Å². The van der Waals surface area contributed by atoms with Crippen LogP contribution in [-0.2, 0) is 4.79 Å². The molecular weight excluding hydrogens is 260 g/mol. The molecule has 0 aliphatic rings. The molecule has 0 saturated heterocycles. The van der Waals surface area contributed by atoms with Crippen LogP contribution in [0.5, 0.6) is 0 Å². The van der Waals surface area contributed by atoms with Gasteiger partial charge in [-0.15, -0.1) is 0 Å². The largest absolute Gasteiger partial charge is 0.481 e. The van der Waals surface area contributed by atoms with Gasteiger partial charge in [-0.05, 0) is 25.7 Å². The van der Waals surface area contributed by atoms with Crippen molar-refractivity contribution in [3.63, 3.8) is 0 Å². The Morgan fingerprint density at radius 2 is 1.30 bits per heavy atom. The number of aliphatic carboxylic acids is 1. The number of hydrogen-bond acceptors (Lipinski definition) is 4. The first-order valence-electron chi connectivity index (χ1n) is 6.83. The second-order valence-electron chi connectivity index (χ2n) is 7.79. The lowest BCUT2D eigenvalue weighted by Crippen LogP contribution is -2.39. The number of carbonyl (C=O) groups is 1. The van der Waals surface area contributed by atoms with Crippen LogP contribution in [0.4, 0.5) is 0 Å². The predicted molar refractivity (Wildman–Crippen MR) is 79.4 cm³/mol. The SMILES string of the molecule is CC(C)(C)CC(O)C(C)(C)C(=O)O.CC(C)(CO)CO. The molecule has 122 valence electrons. The van der Waals surface area contributed by atoms with Gasteiger partial charge in [0.05, 0.1) is 24.7 Å². The van der Waals surface area contributed by atoms with Crippen LogP contribution >= 0.6 is 0 Å². The average molecular weight is 292 g/mol. The second kappa shape index (κ2) is 7.96. The zero-order valence-electron chi connectivity index (χ0n) is 13.9. The maximum Gasteiger partial charge on any atom is 0.311 e. The number of carboxylic acid groups (broad SMARTS) is 1. The van der Waals surface area contributed by atoms with Gasteiger partial charge >= 0.3 is 5.97 Å². The summed E-state index contributed by atoms with van der Waals surface area (Å²) in [5.74, 6) is -0.954. The van der Waals surface area contributed by atoms with Gasteiger partial charge in [0, 0.05) is 5.41 Å². The van der Waals surface area contributed by atoms with E-state index in [1.807, 2.05) is 20.8 Å². The zero-order chi connectivity index (χ0) is 16.8. The Kier molecular flexibility index (Phi) is 8.61. The van der Waals surface area contributed by atoms with Crippen LogP contribution in [0.15, 0.2) is 0 Å². The summed E-state index contributed by atoms with van der Waals surface area (Å²) in [6.07, 6.45) is -0.309. The summed E-state index contributed by atoms with van der Waals surface area (Å²) in [6, 6.07) is 0. The molecule has 0 radical (unpaired) electrons. The highest BCUT2D eigenvalue weighted by atomic mass is 16.4. The molecule has 5 nitrogen and oxygen atoms in total. The fourth-order valence-electron chi connectivity index (χ4n) is 1.03. The van der Waals surface area contributed by atoms with Crippen LogP contribution in [-0.4, -0.2) is 45.7 Å². The summed E-state index contributed by atoms with van der Waals surface area (Å²) >= 11 is 0. The lowest BCUT2D eigenvalue weighted by atomic mass is 9.77. The third-order valence-corrected chi connectivity index (χ3v) is 3.05. The second-order valence-corrected chi connectivity index (χ2v) is 7.79. The number of aliphatic hydroxyl groups excluding tert-OH is 3. The average Bonchev–Trinajstić information content (AvgIpc) is 2.27. The smallest absolute Gasteiger partial charge is 0.311 e. The molecule has 5 heteroatoms. The molecule has 1 unspecified atom stereocenters. The van der Waals surface area contributed by atoms with Crippen molar-refractivity contribution in [2.75, 3.05) is 13.2 Å². The van der Waals surface area contributed by atoms with Crippen molar-refractivity contribution >= 4 is 5.97 Å². The first-order chi connectivity index (χ1) is 8.69. The van der Waals surface area contributed by atoms with Crippen LogP contribution in [0.1, 0.15) is 54.9 Å². The van der Waals surface area contributed by atoms with Gasteiger partial charge in [-0.3, -0.25) is 4.79 Å². The standard InChI is InChI=1S/C10H20O3.C5H12O2/c1-9(2,3)6-7(11)10(4,5)8(12)13;1-5(2,3-6)4-7/h7,11H,6H2,1-5H3,(H,12,13);6-7H,3-4H2,1-2H3. The van der Waals surface area contributed by atoms with Crippen molar-refractivity contribution in [3.8, 4) is 0 Å². The first kappa shape index (κ1) is 21.6. The van der Waals surface area contributed by atoms with E-state index in [2.05, 4.69) is 0 Å². The molecule has 0 aliphatic heterocycles. The normalized spacial score (nSPS) is 14.3. The molecule has 0 aromatic heterocycles. The Labute approximate surface area is 122 Å². The molecule has 0 aromatic carbocycles. The van der Waals surface area contributed by atoms with Crippen molar-refractivity contribution < 1.29 is 25.2 Å². The minimum Gasteiger partial charge on any atom is -0.481 e. The first-order valence-corrected chi connectivity index (χ1v) is 6.83. The van der Waals surface area contributed by atoms with Gasteiger partial charge in [0.2, 0.25) is 0 Å². The quantitative estimate of drug-likeness (QED) is 0.620. The van der Waals surface area contributed by atoms with E-state index >= 15 is 0 Å². The van der Waals surface area contributed by atoms with Gasteiger partial charge in [-0.1, -0.05) is 34.6 Å². The Balaban J connectivity index is 0. The van der Waals surface area contributed by atoms with E-state index in [9.17, 15) is 9.90 Å². The number of hydrogen-bond donors (Lipinski definition) is 4. The lowest BCUT2D eigenvalue weighted by molar-refractivity contribution is -0.154. The lowest BCUT2D eigenvalue weighted by Gasteiger charge is -2.31. The van der Waals surface area contributed by atoms with Crippen LogP contribution in [0, 0.1) is 16.2 Å². The third-order valence-electron chi connectivity index (χ3n) is 3.05. The fourth-order valence-corrected chi connectivity index (χ4v) is 1.03. The van der Waals surface area contributed by atoms with Crippen LogP contribution in [0.25, 0.3) is 0 Å². The van der Waals surface area contributed by atoms with Gasteiger partial charge in [-0.2, -0.15) is 0 Å². The highest BCUT2D eigenvalue weighted by Gasteiger charge is 2.37. The van der Waals surface area contributed by atoms with Crippen LogP contribution < -0.4 is 0 Å². The summed E-state index contributed by atoms with van der Waals surface area (Å²) in [4.78, 5) is 10.8. The molecule has 4 N–H and O–H groups in total. The van der Waals surface area contributed by atoms with Gasteiger partial charge < -0.3 is 20.4 Å². The van der Waals surface area contributed by atoms with E-state index in [0.29, 0.717) is 6.42 Å². The number of rotatable bonds is 5. The van der Waals surface area contributed by atoms with Crippen molar-refractivity contribution in [1.82, 2.24) is 0 Å². The molecule has 20 heavy (non-hydrogen) atoms. The molecule has 0 aliphatic carbocycles. The summed E-state index contributed by atoms with van der Waals surface area (Å²) in [6.45, 7) is 12.7. The van der Waals surface area contributed by atoms with Gasteiger partial charge in [0.1, 0.15) is 0 Å². The summed E-state index contributed by atoms with van der Waals surface area (Å²) < 4.78 is 0. The minimum absolute atomic E-state index is 0.0451. The highest BCUT2D eigenvalue weighted by Crippen LogP contribution is 2.30. The van der Waals surface area contributed by atoms with E-state index in [-0.39, 0.29) is 24.0 Å². The molecule has 1 atom stereocenters. The van der Waals surface area contributed by atoms with Gasteiger partial charge in [-0.25, -0.2) is 0 Å². The van der Waals surface area contributed by atoms with Crippen molar-refractivity contribution in [3.05, 3.63) is 0 Å². The molecule has 0 saturated carbocycles. The molecule has 0 heterocycles. The molecule has 0 fully saturated rings. The molecule has 0 bridgehead atoms. The van der Waals surface area contributed by atoms with E-state index in [0.717, 1.165) is 0 Å². The van der Waals surface area contributed by atoms with Crippen molar-refractivity contribution in [2.24, 2.45) is 16.2 Å². The van der Waals surface area contributed by atoms with Crippen molar-refractivity contribution in [2.45, 2.75) is 61.0 Å². The highest BCUT2D eigenvalue weighted by molar-refractivity contribution is 5.74. The Morgan fingerprint density at radius 1 is 0.950 bits per heavy atom. The molecular formula is C15H32O5. The zero-order valence-corrected chi connectivity index (χ0v) is 13.9. The maximum absolute atomic E-state index is 10.8. The van der Waals surface area contributed by atoms with E-state index in [4.69, 9.17) is 15.3 Å². The summed E-state index contributed by atoms with van der Waals surface area (Å²) in [5, 5.41) is 35.4. The summed E-state index contributed by atoms with van der Waals surface area (Å²) in [5.41, 5.74) is -1.42. The fraction of sp³-hybridized carbons (Fsp3) is 0.933. The number of carboxylic acids is 1. The monoisotopic (exact) mass is 292 g/mol. The molecule has 0 spiro atoms.